The quantitative estimate of drug-likeness (QED) is 0.433. The highest BCUT2D eigenvalue weighted by Gasteiger charge is 2.18. The lowest BCUT2D eigenvalue weighted by Crippen LogP contribution is -2.29. The van der Waals surface area contributed by atoms with E-state index in [4.69, 9.17) is 10.2 Å². The third-order valence-corrected chi connectivity index (χ3v) is 1.40. The van der Waals surface area contributed by atoms with Crippen LogP contribution in [-0.4, -0.2) is 33.9 Å². The zero-order chi connectivity index (χ0) is 8.91. The summed E-state index contributed by atoms with van der Waals surface area (Å²) in [6, 6.07) is 0. The molecule has 0 bridgehead atoms. The van der Waals surface area contributed by atoms with E-state index in [1.807, 2.05) is 0 Å². The number of nitrogens with zero attached hydrogens (tertiary/aromatic N) is 1. The van der Waals surface area contributed by atoms with Crippen LogP contribution in [-0.2, 0) is 0 Å². The average Bonchev–Trinajstić information content (AvgIpc) is 1.87. The third-order valence-electron chi connectivity index (χ3n) is 1.40. The summed E-state index contributed by atoms with van der Waals surface area (Å²) in [6.45, 7) is 0.938. The Morgan fingerprint density at radius 1 is 1.64 bits per heavy atom. The Morgan fingerprint density at radius 3 is 2.55 bits per heavy atom. The van der Waals surface area contributed by atoms with Gasteiger partial charge in [0.15, 0.2) is 0 Å². The van der Waals surface area contributed by atoms with Crippen molar-refractivity contribution in [3.8, 4) is 0 Å². The molecule has 0 aliphatic carbocycles. The van der Waals surface area contributed by atoms with Crippen molar-refractivity contribution >= 4 is 0 Å². The standard InChI is InChI=1S/C6H13NO4/c1-6(9,5-8)3-2-4-7(10)11/h8-9H,2-5H2,1H3. The minimum absolute atomic E-state index is 0.157. The van der Waals surface area contributed by atoms with Gasteiger partial charge in [-0.1, -0.05) is 0 Å². The molecular weight excluding hydrogens is 150 g/mol. The van der Waals surface area contributed by atoms with E-state index in [1.165, 1.54) is 6.92 Å². The van der Waals surface area contributed by atoms with Gasteiger partial charge in [-0.15, -0.1) is 0 Å². The van der Waals surface area contributed by atoms with E-state index in [0.29, 0.717) is 6.42 Å². The number of hydrogen-bond acceptors (Lipinski definition) is 4. The molecule has 66 valence electrons. The van der Waals surface area contributed by atoms with E-state index in [1.54, 1.807) is 0 Å². The Bertz CT molecular complexity index is 135. The van der Waals surface area contributed by atoms with Crippen LogP contribution >= 0.6 is 0 Å². The zero-order valence-electron chi connectivity index (χ0n) is 6.49. The zero-order valence-corrected chi connectivity index (χ0v) is 6.49. The highest BCUT2D eigenvalue weighted by Crippen LogP contribution is 2.09. The number of rotatable bonds is 5. The van der Waals surface area contributed by atoms with E-state index in [-0.39, 0.29) is 19.6 Å². The van der Waals surface area contributed by atoms with Crippen LogP contribution in [0.2, 0.25) is 0 Å². The first-order valence-corrected chi connectivity index (χ1v) is 3.43. The van der Waals surface area contributed by atoms with Gasteiger partial charge in [0.1, 0.15) is 0 Å². The first kappa shape index (κ1) is 10.3. The van der Waals surface area contributed by atoms with Crippen LogP contribution in [0.5, 0.6) is 0 Å². The highest BCUT2D eigenvalue weighted by atomic mass is 16.6. The predicted octanol–water partition coefficient (Wildman–Crippen LogP) is -0.213. The van der Waals surface area contributed by atoms with Gasteiger partial charge in [0, 0.05) is 11.3 Å². The van der Waals surface area contributed by atoms with Gasteiger partial charge in [-0.2, -0.15) is 0 Å². The second-order valence-electron chi connectivity index (χ2n) is 2.81. The smallest absolute Gasteiger partial charge is 0.204 e. The molecule has 0 saturated heterocycles. The molecule has 2 N–H and O–H groups in total. The first-order valence-electron chi connectivity index (χ1n) is 3.43. The van der Waals surface area contributed by atoms with Crippen molar-refractivity contribution in [3.63, 3.8) is 0 Å². The largest absolute Gasteiger partial charge is 0.393 e. The first-order chi connectivity index (χ1) is 4.98. The number of aliphatic hydroxyl groups excluding tert-OH is 1. The van der Waals surface area contributed by atoms with E-state index >= 15 is 0 Å². The second kappa shape index (κ2) is 4.25. The second-order valence-corrected chi connectivity index (χ2v) is 2.81. The molecule has 0 aromatic heterocycles. The molecule has 0 aliphatic rings. The van der Waals surface area contributed by atoms with Crippen molar-refractivity contribution < 1.29 is 15.1 Å². The molecule has 0 aliphatic heterocycles. The van der Waals surface area contributed by atoms with E-state index < -0.39 is 10.5 Å². The average molecular weight is 163 g/mol. The Morgan fingerprint density at radius 2 is 2.18 bits per heavy atom. The van der Waals surface area contributed by atoms with Gasteiger partial charge < -0.3 is 10.2 Å². The summed E-state index contributed by atoms with van der Waals surface area (Å²) in [6.07, 6.45) is 0.547. The monoisotopic (exact) mass is 163 g/mol. The molecule has 1 unspecified atom stereocenters. The molecule has 0 rings (SSSR count). The summed E-state index contributed by atoms with van der Waals surface area (Å²) in [7, 11) is 0. The lowest BCUT2D eigenvalue weighted by atomic mass is 10.0. The summed E-state index contributed by atoms with van der Waals surface area (Å²) in [5.41, 5.74) is -1.17. The summed E-state index contributed by atoms with van der Waals surface area (Å²) >= 11 is 0. The lowest BCUT2D eigenvalue weighted by Gasteiger charge is -2.18. The maximum atomic E-state index is 9.83. The van der Waals surface area contributed by atoms with Crippen molar-refractivity contribution in [2.75, 3.05) is 13.2 Å². The van der Waals surface area contributed by atoms with Gasteiger partial charge >= 0.3 is 0 Å². The molecule has 0 spiro atoms. The molecule has 1 atom stereocenters. The van der Waals surface area contributed by atoms with Crippen LogP contribution in [0, 0.1) is 10.1 Å². The molecule has 0 aromatic carbocycles. The van der Waals surface area contributed by atoms with Crippen molar-refractivity contribution in [3.05, 3.63) is 10.1 Å². The van der Waals surface area contributed by atoms with Crippen LogP contribution in [0.4, 0.5) is 0 Å². The molecule has 0 aromatic rings. The fourth-order valence-electron chi connectivity index (χ4n) is 0.668. The summed E-state index contributed by atoms with van der Waals surface area (Å²) in [4.78, 5) is 9.40. The molecule has 5 nitrogen and oxygen atoms in total. The molecule has 0 heterocycles. The van der Waals surface area contributed by atoms with Crippen LogP contribution in [0.15, 0.2) is 0 Å². The molecular formula is C6H13NO4. The molecule has 5 heteroatoms. The Labute approximate surface area is 64.8 Å². The Hall–Kier alpha value is -0.680. The molecule has 11 heavy (non-hydrogen) atoms. The normalized spacial score (nSPS) is 15.9. The van der Waals surface area contributed by atoms with E-state index in [2.05, 4.69) is 0 Å². The molecule has 0 saturated carbocycles. The van der Waals surface area contributed by atoms with Crippen molar-refractivity contribution in [1.29, 1.82) is 0 Å². The Kier molecular flexibility index (Phi) is 3.99. The summed E-state index contributed by atoms with van der Waals surface area (Å²) in [5.74, 6) is 0. The minimum atomic E-state index is -1.17. The SMILES string of the molecule is CC(O)(CO)CCC[N+](=O)[O-]. The van der Waals surface area contributed by atoms with E-state index in [9.17, 15) is 10.1 Å². The number of nitro groups is 1. The fourth-order valence-corrected chi connectivity index (χ4v) is 0.668. The van der Waals surface area contributed by atoms with Gasteiger partial charge in [0.25, 0.3) is 0 Å². The van der Waals surface area contributed by atoms with Gasteiger partial charge in [0.05, 0.1) is 12.2 Å². The van der Waals surface area contributed by atoms with Crippen LogP contribution in [0.3, 0.4) is 0 Å². The Balaban J connectivity index is 3.45. The van der Waals surface area contributed by atoms with Crippen LogP contribution < -0.4 is 0 Å². The van der Waals surface area contributed by atoms with Crippen molar-refractivity contribution in [2.45, 2.75) is 25.4 Å². The summed E-state index contributed by atoms with van der Waals surface area (Å²) in [5, 5.41) is 27.5. The van der Waals surface area contributed by atoms with Gasteiger partial charge in [-0.25, -0.2) is 0 Å². The minimum Gasteiger partial charge on any atom is -0.393 e. The number of aliphatic hydroxyl groups is 2. The van der Waals surface area contributed by atoms with Gasteiger partial charge in [0.2, 0.25) is 6.54 Å². The molecule has 0 radical (unpaired) electrons. The van der Waals surface area contributed by atoms with Gasteiger partial charge in [-0.3, -0.25) is 10.1 Å². The maximum Gasteiger partial charge on any atom is 0.204 e. The molecule has 0 fully saturated rings. The predicted molar refractivity (Wildman–Crippen MR) is 38.8 cm³/mol. The third kappa shape index (κ3) is 5.75. The number of hydrogen-bond donors (Lipinski definition) is 2. The summed E-state index contributed by atoms with van der Waals surface area (Å²) < 4.78 is 0. The topological polar surface area (TPSA) is 83.6 Å². The lowest BCUT2D eigenvalue weighted by molar-refractivity contribution is -0.481. The van der Waals surface area contributed by atoms with Crippen molar-refractivity contribution in [2.24, 2.45) is 0 Å². The van der Waals surface area contributed by atoms with Crippen LogP contribution in [0.1, 0.15) is 19.8 Å². The fraction of sp³-hybridized carbons (Fsp3) is 1.00. The van der Waals surface area contributed by atoms with Gasteiger partial charge in [-0.05, 0) is 13.3 Å². The van der Waals surface area contributed by atoms with E-state index in [0.717, 1.165) is 0 Å². The highest BCUT2D eigenvalue weighted by molar-refractivity contribution is 4.69. The maximum absolute atomic E-state index is 9.83. The van der Waals surface area contributed by atoms with Crippen molar-refractivity contribution in [1.82, 2.24) is 0 Å². The molecule has 0 amide bonds. The van der Waals surface area contributed by atoms with Crippen LogP contribution in [0.25, 0.3) is 0 Å².